The van der Waals surface area contributed by atoms with E-state index in [9.17, 15) is 9.59 Å². The zero-order chi connectivity index (χ0) is 20.4. The molecule has 0 radical (unpaired) electrons. The van der Waals surface area contributed by atoms with Crippen LogP contribution in [0.1, 0.15) is 17.3 Å². The zero-order valence-electron chi connectivity index (χ0n) is 15.8. The molecule has 1 aliphatic rings. The highest BCUT2D eigenvalue weighted by molar-refractivity contribution is 5.97. The first kappa shape index (κ1) is 18.5. The van der Waals surface area contributed by atoms with Gasteiger partial charge in [0.05, 0.1) is 24.8 Å². The highest BCUT2D eigenvalue weighted by Gasteiger charge is 2.20. The van der Waals surface area contributed by atoms with Crippen LogP contribution in [-0.4, -0.2) is 29.7 Å². The second-order valence-corrected chi connectivity index (χ2v) is 6.19. The molecular weight excluding hydrogens is 374 g/mol. The van der Waals surface area contributed by atoms with E-state index in [1.54, 1.807) is 18.2 Å². The number of benzene rings is 2. The lowest BCUT2D eigenvalue weighted by atomic mass is 9.98. The minimum Gasteiger partial charge on any atom is -0.493 e. The van der Waals surface area contributed by atoms with Crippen molar-refractivity contribution in [1.82, 2.24) is 15.5 Å². The van der Waals surface area contributed by atoms with Crippen molar-refractivity contribution >= 4 is 17.5 Å². The largest absolute Gasteiger partial charge is 0.493 e. The van der Waals surface area contributed by atoms with E-state index in [0.29, 0.717) is 40.8 Å². The number of carbonyl (C=O) groups is 1. The van der Waals surface area contributed by atoms with Crippen LogP contribution in [0.25, 0.3) is 22.5 Å². The maximum Gasteiger partial charge on any atom is 0.338 e. The number of hydrogen-bond donors (Lipinski definition) is 4. The van der Waals surface area contributed by atoms with Crippen LogP contribution < -0.4 is 26.7 Å². The lowest BCUT2D eigenvalue weighted by Gasteiger charge is -2.14. The summed E-state index contributed by atoms with van der Waals surface area (Å²) < 4.78 is 10.7. The molecule has 3 aromatic rings. The topological polar surface area (TPSA) is 117 Å². The lowest BCUT2D eigenvalue weighted by Crippen LogP contribution is -2.21. The van der Waals surface area contributed by atoms with E-state index < -0.39 is 5.97 Å². The summed E-state index contributed by atoms with van der Waals surface area (Å²) in [7, 11) is 1.35. The summed E-state index contributed by atoms with van der Waals surface area (Å²) in [5, 5.41) is 0. The first-order chi connectivity index (χ1) is 14.1. The number of nitrogens with zero attached hydrogens (tertiary/aromatic N) is 1. The van der Waals surface area contributed by atoms with Crippen LogP contribution in [-0.2, 0) is 4.74 Å². The van der Waals surface area contributed by atoms with E-state index in [1.807, 2.05) is 31.2 Å². The van der Waals surface area contributed by atoms with Crippen molar-refractivity contribution in [2.75, 3.05) is 24.6 Å². The predicted octanol–water partition coefficient (Wildman–Crippen LogP) is 2.55. The van der Waals surface area contributed by atoms with Gasteiger partial charge in [-0.05, 0) is 36.2 Å². The number of ether oxygens (including phenoxy) is 2. The molecule has 9 nitrogen and oxygen atoms in total. The fourth-order valence-corrected chi connectivity index (χ4v) is 3.14. The Morgan fingerprint density at radius 1 is 1.10 bits per heavy atom. The molecule has 2 aromatic carbocycles. The maximum atomic E-state index is 12.3. The van der Waals surface area contributed by atoms with E-state index >= 15 is 0 Å². The van der Waals surface area contributed by atoms with Crippen molar-refractivity contribution in [1.29, 1.82) is 0 Å². The normalized spacial score (nSPS) is 11.9. The van der Waals surface area contributed by atoms with Gasteiger partial charge in [0.25, 0.3) is 5.56 Å². The summed E-state index contributed by atoms with van der Waals surface area (Å²) in [6.07, 6.45) is 0. The van der Waals surface area contributed by atoms with E-state index in [-0.39, 0.29) is 5.56 Å². The Morgan fingerprint density at radius 3 is 2.72 bits per heavy atom. The van der Waals surface area contributed by atoms with E-state index in [0.717, 1.165) is 11.1 Å². The second kappa shape index (κ2) is 7.64. The van der Waals surface area contributed by atoms with Crippen molar-refractivity contribution in [2.24, 2.45) is 0 Å². The Kier molecular flexibility index (Phi) is 4.88. The summed E-state index contributed by atoms with van der Waals surface area (Å²) in [5.41, 5.74) is 10.7. The van der Waals surface area contributed by atoms with Crippen molar-refractivity contribution in [3.05, 3.63) is 58.4 Å². The Balaban J connectivity index is 1.83. The van der Waals surface area contributed by atoms with Crippen molar-refractivity contribution in [2.45, 2.75) is 6.92 Å². The molecule has 0 bridgehead atoms. The molecule has 1 aromatic heterocycles. The van der Waals surface area contributed by atoms with Crippen LogP contribution in [0.2, 0.25) is 0 Å². The summed E-state index contributed by atoms with van der Waals surface area (Å²) in [4.78, 5) is 31.6. The predicted molar refractivity (Wildman–Crippen MR) is 109 cm³/mol. The first-order valence-electron chi connectivity index (χ1n) is 8.98. The fraction of sp³-hybridized carbons (Fsp3) is 0.150. The van der Waals surface area contributed by atoms with Gasteiger partial charge in [-0.3, -0.25) is 15.6 Å². The van der Waals surface area contributed by atoms with Gasteiger partial charge >= 0.3 is 5.97 Å². The number of aromatic nitrogens is 2. The van der Waals surface area contributed by atoms with E-state index in [4.69, 9.17) is 9.47 Å². The Bertz CT molecular complexity index is 1140. The van der Waals surface area contributed by atoms with Crippen LogP contribution in [0.3, 0.4) is 0 Å². The van der Waals surface area contributed by atoms with Gasteiger partial charge in [-0.2, -0.15) is 0 Å². The number of methoxy groups -OCH3 is 1. The highest BCUT2D eigenvalue weighted by Crippen LogP contribution is 2.35. The second-order valence-electron chi connectivity index (χ2n) is 6.19. The average Bonchev–Trinajstić information content (AvgIpc) is 3.23. The fourth-order valence-electron chi connectivity index (χ4n) is 3.14. The van der Waals surface area contributed by atoms with Gasteiger partial charge in [0.1, 0.15) is 11.6 Å². The number of fused-ring (bicyclic) bond motifs is 1. The number of rotatable bonds is 5. The highest BCUT2D eigenvalue weighted by atomic mass is 16.5. The van der Waals surface area contributed by atoms with E-state index in [2.05, 4.69) is 26.4 Å². The molecule has 4 rings (SSSR count). The standard InChI is InChI=1S/C20H19N5O4/c1-3-29-15-10-11(12-6-4-5-7-13(12)20(27)28-2)8-9-14(15)17-21-18-16(19(26)22-17)23-25-24-18/h4-10,23,25H,3H2,1-2H3,(H2,21,22,24,26). The quantitative estimate of drug-likeness (QED) is 0.489. The number of aromatic amines is 1. The zero-order valence-corrected chi connectivity index (χ0v) is 15.8. The molecule has 2 heterocycles. The Hall–Kier alpha value is -3.85. The number of esters is 1. The van der Waals surface area contributed by atoms with Crippen LogP contribution >= 0.6 is 0 Å². The number of anilines is 2. The van der Waals surface area contributed by atoms with Crippen molar-refractivity contribution in [3.8, 4) is 28.3 Å². The molecule has 148 valence electrons. The maximum absolute atomic E-state index is 12.3. The number of hydrazine groups is 2. The summed E-state index contributed by atoms with van der Waals surface area (Å²) >= 11 is 0. The number of hydrogen-bond acceptors (Lipinski definition) is 8. The molecule has 0 aliphatic carbocycles. The van der Waals surface area contributed by atoms with Gasteiger partial charge in [-0.1, -0.05) is 24.3 Å². The minimum absolute atomic E-state index is 0.315. The summed E-state index contributed by atoms with van der Waals surface area (Å²) in [6, 6.07) is 12.6. The van der Waals surface area contributed by atoms with Gasteiger partial charge in [0.2, 0.25) is 0 Å². The number of H-pyrrole nitrogens is 1. The molecule has 4 N–H and O–H groups in total. The number of nitrogens with one attached hydrogen (secondary N) is 4. The lowest BCUT2D eigenvalue weighted by molar-refractivity contribution is 0.0601. The molecule has 29 heavy (non-hydrogen) atoms. The van der Waals surface area contributed by atoms with Gasteiger partial charge in [0, 0.05) is 0 Å². The summed E-state index contributed by atoms with van der Waals surface area (Å²) in [6.45, 7) is 2.29. The summed E-state index contributed by atoms with van der Waals surface area (Å²) in [5.74, 6) is 0.874. The van der Waals surface area contributed by atoms with Gasteiger partial charge in [0.15, 0.2) is 11.5 Å². The molecule has 0 unspecified atom stereocenters. The van der Waals surface area contributed by atoms with Crippen LogP contribution in [0.15, 0.2) is 47.3 Å². The molecule has 0 fully saturated rings. The van der Waals surface area contributed by atoms with Crippen molar-refractivity contribution < 1.29 is 14.3 Å². The third-order valence-electron chi connectivity index (χ3n) is 4.47. The SMILES string of the molecule is CCOc1cc(-c2ccccc2C(=O)OC)ccc1-c1nc2c(c(=O)[nH]1)NNN2. The van der Waals surface area contributed by atoms with Gasteiger partial charge in [-0.15, -0.1) is 5.53 Å². The first-order valence-corrected chi connectivity index (χ1v) is 8.98. The molecule has 0 saturated carbocycles. The smallest absolute Gasteiger partial charge is 0.338 e. The number of carbonyl (C=O) groups excluding carboxylic acids is 1. The third kappa shape index (κ3) is 3.39. The molecule has 0 spiro atoms. The van der Waals surface area contributed by atoms with Crippen molar-refractivity contribution in [3.63, 3.8) is 0 Å². The Labute approximate surface area is 166 Å². The molecule has 9 heteroatoms. The molecule has 0 atom stereocenters. The van der Waals surface area contributed by atoms with Gasteiger partial charge in [-0.25, -0.2) is 9.78 Å². The van der Waals surface area contributed by atoms with Crippen LogP contribution in [0.5, 0.6) is 5.75 Å². The average molecular weight is 393 g/mol. The minimum atomic E-state index is -0.418. The Morgan fingerprint density at radius 2 is 1.93 bits per heavy atom. The molecule has 0 amide bonds. The molecular formula is C20H19N5O4. The molecule has 1 aliphatic heterocycles. The third-order valence-corrected chi connectivity index (χ3v) is 4.47. The van der Waals surface area contributed by atoms with Gasteiger partial charge < -0.3 is 14.5 Å². The van der Waals surface area contributed by atoms with Crippen LogP contribution in [0, 0.1) is 0 Å². The molecule has 0 saturated heterocycles. The van der Waals surface area contributed by atoms with Crippen LogP contribution in [0.4, 0.5) is 11.5 Å². The monoisotopic (exact) mass is 393 g/mol. The van der Waals surface area contributed by atoms with E-state index in [1.165, 1.54) is 7.11 Å².